The average molecular weight is 122 g/mol. The summed E-state index contributed by atoms with van der Waals surface area (Å²) in [4.78, 5) is 2.82. The van der Waals surface area contributed by atoms with Gasteiger partial charge in [0.1, 0.15) is 0 Å². The summed E-state index contributed by atoms with van der Waals surface area (Å²) in [6.07, 6.45) is 8.02. The fourth-order valence-electron chi connectivity index (χ4n) is 0.551. The number of hydrogen-bond acceptors (Lipinski definition) is 1. The van der Waals surface area contributed by atoms with Gasteiger partial charge in [0.15, 0.2) is 0 Å². The second-order valence-corrected chi connectivity index (χ2v) is 1.58. The first-order valence-electron chi connectivity index (χ1n) is 2.60. The molecule has 0 aromatic carbocycles. The van der Waals surface area contributed by atoms with Crippen molar-refractivity contribution < 1.29 is 9.53 Å². The van der Waals surface area contributed by atoms with E-state index in [4.69, 9.17) is 10.3 Å². The van der Waals surface area contributed by atoms with Gasteiger partial charge in [0.25, 0.3) is 0 Å². The van der Waals surface area contributed by atoms with E-state index in [1.807, 2.05) is 6.08 Å². The summed E-state index contributed by atoms with van der Waals surface area (Å²) in [5.41, 5.74) is 8.05. The smallest absolute Gasteiger partial charge is 0.301 e. The molecule has 9 heavy (non-hydrogen) atoms. The standard InChI is InChI=1S/C6H6N2O/c7-8-5-6-3-1-2-4-9-6/h1-6H. The predicted octanol–water partition coefficient (Wildman–Crippen LogP) is 0.756. The first kappa shape index (κ1) is 5.79. The van der Waals surface area contributed by atoms with Crippen LogP contribution < -0.4 is 0 Å². The molecule has 0 bridgehead atoms. The van der Waals surface area contributed by atoms with Gasteiger partial charge in [0.05, 0.1) is 6.26 Å². The Morgan fingerprint density at radius 1 is 1.56 bits per heavy atom. The molecule has 0 saturated carbocycles. The topological polar surface area (TPSA) is 45.6 Å². The van der Waals surface area contributed by atoms with E-state index in [9.17, 15) is 0 Å². The lowest BCUT2D eigenvalue weighted by Crippen LogP contribution is -2.09. The van der Waals surface area contributed by atoms with Gasteiger partial charge in [-0.05, 0) is 12.2 Å². The van der Waals surface area contributed by atoms with Crippen LogP contribution in [-0.4, -0.2) is 17.1 Å². The van der Waals surface area contributed by atoms with Crippen molar-refractivity contribution in [2.75, 3.05) is 0 Å². The molecular weight excluding hydrogens is 116 g/mol. The lowest BCUT2D eigenvalue weighted by atomic mass is 10.3. The fraction of sp³-hybridized carbons (Fsp3) is 0.167. The third-order valence-electron chi connectivity index (χ3n) is 0.940. The van der Waals surface area contributed by atoms with Crippen LogP contribution in [0, 0.1) is 0 Å². The number of ether oxygens (including phenoxy) is 1. The number of hydrogen-bond donors (Lipinski definition) is 0. The van der Waals surface area contributed by atoms with Crippen LogP contribution in [0.4, 0.5) is 0 Å². The highest BCUT2D eigenvalue weighted by molar-refractivity contribution is 5.60. The largest absolute Gasteiger partial charge is 0.482 e. The molecule has 0 aromatic heterocycles. The van der Waals surface area contributed by atoms with Crippen molar-refractivity contribution in [1.29, 1.82) is 0 Å². The summed E-state index contributed by atoms with van der Waals surface area (Å²) in [5.74, 6) is 0. The molecule has 3 heteroatoms. The normalized spacial score (nSPS) is 22.4. The summed E-state index contributed by atoms with van der Waals surface area (Å²) in [5, 5.41) is 0. The van der Waals surface area contributed by atoms with Crippen molar-refractivity contribution in [2.45, 2.75) is 6.10 Å². The quantitative estimate of drug-likeness (QED) is 0.287. The SMILES string of the molecule is [N-]=[N+]=CC1C=CC=CO1. The lowest BCUT2D eigenvalue weighted by molar-refractivity contribution is -0.00804. The lowest BCUT2D eigenvalue weighted by Gasteiger charge is -2.03. The highest BCUT2D eigenvalue weighted by atomic mass is 16.5. The van der Waals surface area contributed by atoms with E-state index in [1.54, 1.807) is 18.4 Å². The zero-order valence-corrected chi connectivity index (χ0v) is 4.77. The van der Waals surface area contributed by atoms with Crippen LogP contribution in [-0.2, 0) is 4.74 Å². The molecule has 0 amide bonds. The molecular formula is C6H6N2O. The molecule has 1 aliphatic rings. The molecule has 1 atom stereocenters. The highest BCUT2D eigenvalue weighted by Crippen LogP contribution is 1.97. The van der Waals surface area contributed by atoms with Crippen LogP contribution in [0.3, 0.4) is 0 Å². The minimum atomic E-state index is -0.208. The van der Waals surface area contributed by atoms with Gasteiger partial charge in [-0.15, -0.1) is 0 Å². The van der Waals surface area contributed by atoms with Gasteiger partial charge in [-0.2, -0.15) is 4.79 Å². The molecule has 0 spiro atoms. The maximum atomic E-state index is 8.05. The van der Waals surface area contributed by atoms with Crippen LogP contribution in [0.25, 0.3) is 5.53 Å². The Bertz CT molecular complexity index is 189. The van der Waals surface area contributed by atoms with Crippen LogP contribution >= 0.6 is 0 Å². The maximum Gasteiger partial charge on any atom is 0.301 e. The molecule has 46 valence electrons. The summed E-state index contributed by atoms with van der Waals surface area (Å²) in [6.45, 7) is 0. The molecule has 0 N–H and O–H groups in total. The zero-order valence-electron chi connectivity index (χ0n) is 4.77. The molecule has 0 aromatic rings. The first-order chi connectivity index (χ1) is 4.43. The summed E-state index contributed by atoms with van der Waals surface area (Å²) in [6, 6.07) is 0. The molecule has 1 unspecified atom stereocenters. The van der Waals surface area contributed by atoms with Gasteiger partial charge >= 0.3 is 6.21 Å². The Balaban J connectivity index is 2.55. The summed E-state index contributed by atoms with van der Waals surface area (Å²) >= 11 is 0. The third kappa shape index (κ3) is 1.55. The van der Waals surface area contributed by atoms with E-state index >= 15 is 0 Å². The van der Waals surface area contributed by atoms with Gasteiger partial charge in [-0.3, -0.25) is 0 Å². The van der Waals surface area contributed by atoms with E-state index in [1.165, 1.54) is 6.21 Å². The van der Waals surface area contributed by atoms with E-state index in [2.05, 4.69) is 4.79 Å². The van der Waals surface area contributed by atoms with Crippen molar-refractivity contribution in [3.63, 3.8) is 0 Å². The van der Waals surface area contributed by atoms with Gasteiger partial charge in [-0.1, -0.05) is 6.08 Å². The van der Waals surface area contributed by atoms with Crippen LogP contribution in [0.5, 0.6) is 0 Å². The van der Waals surface area contributed by atoms with Gasteiger partial charge in [0.2, 0.25) is 6.10 Å². The molecule has 3 nitrogen and oxygen atoms in total. The Kier molecular flexibility index (Phi) is 1.83. The van der Waals surface area contributed by atoms with Crippen molar-refractivity contribution in [1.82, 2.24) is 0 Å². The Morgan fingerprint density at radius 3 is 3.00 bits per heavy atom. The van der Waals surface area contributed by atoms with Crippen molar-refractivity contribution in [2.24, 2.45) is 0 Å². The second-order valence-electron chi connectivity index (χ2n) is 1.58. The third-order valence-corrected chi connectivity index (χ3v) is 0.940. The monoisotopic (exact) mass is 122 g/mol. The fourth-order valence-corrected chi connectivity index (χ4v) is 0.551. The molecule has 0 fully saturated rings. The van der Waals surface area contributed by atoms with E-state index in [0.29, 0.717) is 0 Å². The number of nitrogens with zero attached hydrogens (tertiary/aromatic N) is 2. The average Bonchev–Trinajstić information content (AvgIpc) is 1.91. The van der Waals surface area contributed by atoms with Crippen LogP contribution in [0.2, 0.25) is 0 Å². The second kappa shape index (κ2) is 2.84. The minimum Gasteiger partial charge on any atom is -0.482 e. The molecule has 1 aliphatic heterocycles. The maximum absolute atomic E-state index is 8.05. The molecule has 0 aliphatic carbocycles. The first-order valence-corrected chi connectivity index (χ1v) is 2.60. The zero-order chi connectivity index (χ0) is 6.53. The van der Waals surface area contributed by atoms with E-state index in [-0.39, 0.29) is 6.10 Å². The minimum absolute atomic E-state index is 0.208. The number of rotatable bonds is 1. The van der Waals surface area contributed by atoms with Crippen LogP contribution in [0.1, 0.15) is 0 Å². The van der Waals surface area contributed by atoms with Crippen LogP contribution in [0.15, 0.2) is 24.5 Å². The summed E-state index contributed by atoms with van der Waals surface area (Å²) < 4.78 is 4.94. The summed E-state index contributed by atoms with van der Waals surface area (Å²) in [7, 11) is 0. The van der Waals surface area contributed by atoms with E-state index < -0.39 is 0 Å². The van der Waals surface area contributed by atoms with Gasteiger partial charge in [0, 0.05) is 0 Å². The van der Waals surface area contributed by atoms with E-state index in [0.717, 1.165) is 0 Å². The van der Waals surface area contributed by atoms with Crippen molar-refractivity contribution in [3.8, 4) is 0 Å². The molecule has 0 saturated heterocycles. The van der Waals surface area contributed by atoms with Gasteiger partial charge in [-0.25, -0.2) is 0 Å². The molecule has 0 radical (unpaired) electrons. The Hall–Kier alpha value is -1.34. The van der Waals surface area contributed by atoms with Gasteiger partial charge < -0.3 is 10.3 Å². The predicted molar refractivity (Wildman–Crippen MR) is 32.8 cm³/mol. The van der Waals surface area contributed by atoms with Crippen molar-refractivity contribution >= 4 is 6.21 Å². The van der Waals surface area contributed by atoms with Crippen molar-refractivity contribution in [3.05, 3.63) is 30.0 Å². The molecule has 1 heterocycles. The Morgan fingerprint density at radius 2 is 2.44 bits per heavy atom. The highest BCUT2D eigenvalue weighted by Gasteiger charge is 2.04. The Labute approximate surface area is 52.9 Å². The molecule has 1 rings (SSSR count). The number of allylic oxidation sites excluding steroid dienone is 2.